The number of amides is 1. The van der Waals surface area contributed by atoms with E-state index in [4.69, 9.17) is 15.2 Å². The van der Waals surface area contributed by atoms with E-state index in [2.05, 4.69) is 0 Å². The van der Waals surface area contributed by atoms with Gasteiger partial charge in [-0.2, -0.15) is 0 Å². The molecule has 6 nitrogen and oxygen atoms in total. The summed E-state index contributed by atoms with van der Waals surface area (Å²) in [5.74, 6) is -2.27. The van der Waals surface area contributed by atoms with Crippen molar-refractivity contribution in [3.05, 3.63) is 65.5 Å². The van der Waals surface area contributed by atoms with Crippen molar-refractivity contribution in [2.75, 3.05) is 6.61 Å². The fraction of sp³-hybridized carbons (Fsp3) is 0.167. The maximum absolute atomic E-state index is 12.9. The summed E-state index contributed by atoms with van der Waals surface area (Å²) in [5, 5.41) is 0. The summed E-state index contributed by atoms with van der Waals surface area (Å²) < 4.78 is 23.1. The van der Waals surface area contributed by atoms with Crippen LogP contribution in [0.15, 0.2) is 48.5 Å². The van der Waals surface area contributed by atoms with Crippen LogP contribution in [0.2, 0.25) is 0 Å². The summed E-state index contributed by atoms with van der Waals surface area (Å²) in [5.41, 5.74) is 5.56. The lowest BCUT2D eigenvalue weighted by Gasteiger charge is -2.13. The first kappa shape index (κ1) is 18.1. The van der Waals surface area contributed by atoms with Crippen LogP contribution in [-0.2, 0) is 9.53 Å². The molecule has 0 spiro atoms. The summed E-state index contributed by atoms with van der Waals surface area (Å²) >= 11 is 0. The van der Waals surface area contributed by atoms with Crippen LogP contribution in [0.4, 0.5) is 4.39 Å². The molecule has 0 aromatic heterocycles. The predicted molar refractivity (Wildman–Crippen MR) is 86.7 cm³/mol. The molecule has 25 heavy (non-hydrogen) atoms. The molecule has 1 amide bonds. The number of rotatable bonds is 7. The zero-order valence-electron chi connectivity index (χ0n) is 13.4. The molecule has 0 unspecified atom stereocenters. The molecule has 1 atom stereocenters. The van der Waals surface area contributed by atoms with Crippen LogP contribution >= 0.6 is 0 Å². The number of Topliss-reactive ketones (excluding diaryl/α,β-unsaturated/α-hetero) is 1. The van der Waals surface area contributed by atoms with Crippen LogP contribution in [0.25, 0.3) is 0 Å². The Balaban J connectivity index is 1.93. The Morgan fingerprint density at radius 3 is 2.36 bits per heavy atom. The zero-order chi connectivity index (χ0) is 18.4. The average Bonchev–Trinajstić information content (AvgIpc) is 2.60. The number of hydrogen-bond donors (Lipinski definition) is 1. The zero-order valence-corrected chi connectivity index (χ0v) is 13.4. The van der Waals surface area contributed by atoms with Crippen molar-refractivity contribution < 1.29 is 28.2 Å². The van der Waals surface area contributed by atoms with E-state index in [-0.39, 0.29) is 16.9 Å². The first-order valence-electron chi connectivity index (χ1n) is 7.39. The Bertz CT molecular complexity index is 788. The molecule has 2 N–H and O–H groups in total. The lowest BCUT2D eigenvalue weighted by molar-refractivity contribution is -0.148. The van der Waals surface area contributed by atoms with Crippen LogP contribution in [0.3, 0.4) is 0 Å². The van der Waals surface area contributed by atoms with Gasteiger partial charge in [0.1, 0.15) is 11.6 Å². The van der Waals surface area contributed by atoms with Crippen molar-refractivity contribution in [3.63, 3.8) is 0 Å². The highest BCUT2D eigenvalue weighted by Crippen LogP contribution is 2.17. The van der Waals surface area contributed by atoms with E-state index in [9.17, 15) is 18.8 Å². The fourth-order valence-electron chi connectivity index (χ4n) is 2.07. The molecular weight excluding hydrogens is 329 g/mol. The molecule has 0 heterocycles. The summed E-state index contributed by atoms with van der Waals surface area (Å²) in [4.78, 5) is 35.2. The predicted octanol–water partition coefficient (Wildman–Crippen LogP) is 2.12. The van der Waals surface area contributed by atoms with Gasteiger partial charge in [-0.1, -0.05) is 12.1 Å². The second-order valence-corrected chi connectivity index (χ2v) is 5.15. The monoisotopic (exact) mass is 345 g/mol. The number of carbonyl (C=O) groups excluding carboxylic acids is 3. The number of benzene rings is 2. The molecule has 7 heteroatoms. The van der Waals surface area contributed by atoms with Crippen LogP contribution < -0.4 is 10.5 Å². The Hall–Kier alpha value is -3.22. The molecule has 0 aliphatic heterocycles. The second-order valence-electron chi connectivity index (χ2n) is 5.15. The quantitative estimate of drug-likeness (QED) is 0.612. The highest BCUT2D eigenvalue weighted by Gasteiger charge is 2.20. The van der Waals surface area contributed by atoms with Crippen molar-refractivity contribution in [3.8, 4) is 5.75 Å². The number of ketones is 1. The number of primary amides is 1. The standard InChI is InChI=1S/C18H16FNO5/c1-11(17(22)12-6-8-13(19)9-7-12)25-16(21)10-24-15-5-3-2-4-14(15)18(20)23/h2-9,11H,10H2,1H3,(H2,20,23)/t11-/m0/s1. The Morgan fingerprint density at radius 2 is 1.72 bits per heavy atom. The van der Waals surface area contributed by atoms with Crippen molar-refractivity contribution in [1.82, 2.24) is 0 Å². The van der Waals surface area contributed by atoms with Gasteiger partial charge in [0, 0.05) is 5.56 Å². The SMILES string of the molecule is C[C@H](OC(=O)COc1ccccc1C(N)=O)C(=O)c1ccc(F)cc1. The van der Waals surface area contributed by atoms with Gasteiger partial charge < -0.3 is 15.2 Å². The number of hydrogen-bond acceptors (Lipinski definition) is 5. The Morgan fingerprint density at radius 1 is 1.08 bits per heavy atom. The minimum Gasteiger partial charge on any atom is -0.481 e. The maximum atomic E-state index is 12.9. The molecule has 0 fully saturated rings. The molecule has 0 bridgehead atoms. The smallest absolute Gasteiger partial charge is 0.344 e. The summed E-state index contributed by atoms with van der Waals surface area (Å²) in [6, 6.07) is 11.1. The largest absolute Gasteiger partial charge is 0.481 e. The fourth-order valence-corrected chi connectivity index (χ4v) is 2.07. The van der Waals surface area contributed by atoms with E-state index < -0.39 is 36.2 Å². The molecule has 130 valence electrons. The number of carbonyl (C=O) groups is 3. The van der Waals surface area contributed by atoms with Crippen LogP contribution in [0.5, 0.6) is 5.75 Å². The molecule has 2 aromatic carbocycles. The average molecular weight is 345 g/mol. The summed E-state index contributed by atoms with van der Waals surface area (Å²) in [7, 11) is 0. The lowest BCUT2D eigenvalue weighted by atomic mass is 10.1. The number of para-hydroxylation sites is 1. The van der Waals surface area contributed by atoms with Gasteiger partial charge >= 0.3 is 5.97 Å². The number of ether oxygens (including phenoxy) is 2. The summed E-state index contributed by atoms with van der Waals surface area (Å²) in [6.07, 6.45) is -1.06. The first-order valence-corrected chi connectivity index (χ1v) is 7.39. The first-order chi connectivity index (χ1) is 11.9. The molecule has 0 aliphatic rings. The molecule has 0 aliphatic carbocycles. The van der Waals surface area contributed by atoms with Gasteiger partial charge in [-0.15, -0.1) is 0 Å². The molecule has 0 saturated heterocycles. The van der Waals surface area contributed by atoms with Crippen molar-refractivity contribution in [2.45, 2.75) is 13.0 Å². The van der Waals surface area contributed by atoms with Gasteiger partial charge in [-0.3, -0.25) is 9.59 Å². The van der Waals surface area contributed by atoms with Crippen LogP contribution in [-0.4, -0.2) is 30.4 Å². The minimum atomic E-state index is -1.06. The highest BCUT2D eigenvalue weighted by molar-refractivity contribution is 6.00. The third kappa shape index (κ3) is 4.87. The van der Waals surface area contributed by atoms with Gasteiger partial charge in [0.2, 0.25) is 5.78 Å². The van der Waals surface area contributed by atoms with Gasteiger partial charge in [0.05, 0.1) is 5.56 Å². The van der Waals surface area contributed by atoms with Gasteiger partial charge in [-0.25, -0.2) is 9.18 Å². The third-order valence-corrected chi connectivity index (χ3v) is 3.30. The van der Waals surface area contributed by atoms with Crippen LogP contribution in [0.1, 0.15) is 27.6 Å². The van der Waals surface area contributed by atoms with E-state index >= 15 is 0 Å². The molecular formula is C18H16FNO5. The number of esters is 1. The minimum absolute atomic E-state index is 0.130. The van der Waals surface area contributed by atoms with Gasteiger partial charge in [0.25, 0.3) is 5.91 Å². The van der Waals surface area contributed by atoms with Gasteiger partial charge in [-0.05, 0) is 43.3 Å². The van der Waals surface area contributed by atoms with Crippen LogP contribution in [0, 0.1) is 5.82 Å². The summed E-state index contributed by atoms with van der Waals surface area (Å²) in [6.45, 7) is 0.909. The van der Waals surface area contributed by atoms with E-state index in [1.807, 2.05) is 0 Å². The topological polar surface area (TPSA) is 95.7 Å². The number of nitrogens with two attached hydrogens (primary N) is 1. The van der Waals surface area contributed by atoms with Crippen molar-refractivity contribution in [2.24, 2.45) is 5.73 Å². The molecule has 2 aromatic rings. The number of halogens is 1. The lowest BCUT2D eigenvalue weighted by Crippen LogP contribution is -2.27. The molecule has 0 saturated carbocycles. The van der Waals surface area contributed by atoms with E-state index in [1.165, 1.54) is 31.2 Å². The van der Waals surface area contributed by atoms with E-state index in [1.54, 1.807) is 12.1 Å². The van der Waals surface area contributed by atoms with Crippen molar-refractivity contribution >= 4 is 17.7 Å². The molecule has 0 radical (unpaired) electrons. The maximum Gasteiger partial charge on any atom is 0.344 e. The Kier molecular flexibility index (Phi) is 5.84. The van der Waals surface area contributed by atoms with Gasteiger partial charge in [0.15, 0.2) is 12.7 Å². The van der Waals surface area contributed by atoms with Crippen molar-refractivity contribution in [1.29, 1.82) is 0 Å². The molecule has 2 rings (SSSR count). The van der Waals surface area contributed by atoms with E-state index in [0.29, 0.717) is 0 Å². The second kappa shape index (κ2) is 8.05. The van der Waals surface area contributed by atoms with E-state index in [0.717, 1.165) is 12.1 Å². The highest BCUT2D eigenvalue weighted by atomic mass is 19.1. The Labute approximate surface area is 143 Å². The third-order valence-electron chi connectivity index (χ3n) is 3.30. The normalized spacial score (nSPS) is 11.4.